The first-order valence-electron chi connectivity index (χ1n) is 3.95. The number of aliphatic hydroxyl groups is 1. The van der Waals surface area contributed by atoms with Gasteiger partial charge in [0.05, 0.1) is 12.1 Å². The van der Waals surface area contributed by atoms with Crippen LogP contribution in [0.2, 0.25) is 0 Å². The third-order valence-electron chi connectivity index (χ3n) is 1.38. The van der Waals surface area contributed by atoms with E-state index in [1.165, 1.54) is 0 Å². The predicted molar refractivity (Wildman–Crippen MR) is 53.6 cm³/mol. The smallest absolute Gasteiger partial charge is 0.322 e. The third-order valence-corrected chi connectivity index (χ3v) is 1.70. The first-order chi connectivity index (χ1) is 5.69. The van der Waals surface area contributed by atoms with Gasteiger partial charge in [0, 0.05) is 0 Å². The van der Waals surface area contributed by atoms with Crippen molar-refractivity contribution in [2.75, 3.05) is 13.2 Å². The Labute approximate surface area is 86.6 Å². The number of esters is 1. The van der Waals surface area contributed by atoms with Crippen LogP contribution in [0.5, 0.6) is 0 Å². The van der Waals surface area contributed by atoms with Crippen LogP contribution in [0.15, 0.2) is 0 Å². The number of ether oxygens (including phenoxy) is 1. The Morgan fingerprint density at radius 2 is 2.00 bits per heavy atom. The summed E-state index contributed by atoms with van der Waals surface area (Å²) in [5.74, 6) is -0.391. The lowest BCUT2D eigenvalue weighted by Crippen LogP contribution is -2.46. The number of nitrogens with two attached hydrogens (primary N) is 1. The molecule has 1 atom stereocenters. The van der Waals surface area contributed by atoms with Crippen LogP contribution in [0.4, 0.5) is 0 Å². The minimum atomic E-state index is -0.867. The van der Waals surface area contributed by atoms with Gasteiger partial charge in [0.2, 0.25) is 0 Å². The summed E-state index contributed by atoms with van der Waals surface area (Å²) in [6, 6.07) is 0. The van der Waals surface area contributed by atoms with Crippen LogP contribution >= 0.6 is 15.9 Å². The number of carbonyl (C=O) groups is 1. The van der Waals surface area contributed by atoms with Gasteiger partial charge in [-0.2, -0.15) is 0 Å². The molecule has 1 unspecified atom stereocenters. The van der Waals surface area contributed by atoms with Crippen molar-refractivity contribution in [2.45, 2.75) is 30.6 Å². The fourth-order valence-corrected chi connectivity index (χ4v) is 0.562. The van der Waals surface area contributed by atoms with Gasteiger partial charge in [-0.25, -0.2) is 0 Å². The second kappa shape index (κ2) is 4.39. The van der Waals surface area contributed by atoms with E-state index in [1.54, 1.807) is 20.8 Å². The number of hydrogen-bond donors (Lipinski definition) is 2. The maximum Gasteiger partial charge on any atom is 0.322 e. The molecule has 0 saturated heterocycles. The molecule has 78 valence electrons. The van der Waals surface area contributed by atoms with E-state index in [-0.39, 0.29) is 13.2 Å². The Hall–Kier alpha value is -0.130. The van der Waals surface area contributed by atoms with Crippen molar-refractivity contribution in [2.24, 2.45) is 5.73 Å². The molecule has 0 aromatic rings. The largest absolute Gasteiger partial charge is 0.463 e. The van der Waals surface area contributed by atoms with Crippen molar-refractivity contribution in [3.8, 4) is 0 Å². The summed E-state index contributed by atoms with van der Waals surface area (Å²) in [5.41, 5.74) is 4.70. The topological polar surface area (TPSA) is 72.6 Å². The minimum absolute atomic E-state index is 0.0113. The summed E-state index contributed by atoms with van der Waals surface area (Å²) in [7, 11) is 0. The molecule has 0 aliphatic carbocycles. The summed E-state index contributed by atoms with van der Waals surface area (Å²) < 4.78 is 4.18. The van der Waals surface area contributed by atoms with Crippen LogP contribution in [0.3, 0.4) is 0 Å². The number of halogens is 1. The zero-order chi connectivity index (χ0) is 10.7. The van der Waals surface area contributed by atoms with E-state index >= 15 is 0 Å². The highest BCUT2D eigenvalue weighted by atomic mass is 79.9. The summed E-state index contributed by atoms with van der Waals surface area (Å²) >= 11 is 3.16. The molecule has 0 fully saturated rings. The summed E-state index contributed by atoms with van der Waals surface area (Å²) in [6.45, 7) is 4.77. The van der Waals surface area contributed by atoms with E-state index < -0.39 is 15.8 Å². The quantitative estimate of drug-likeness (QED) is 0.563. The molecule has 0 aliphatic heterocycles. The van der Waals surface area contributed by atoms with Crippen molar-refractivity contribution in [1.82, 2.24) is 0 Å². The molecule has 0 saturated carbocycles. The second-order valence-corrected chi connectivity index (χ2v) is 5.84. The van der Waals surface area contributed by atoms with Gasteiger partial charge < -0.3 is 15.6 Å². The van der Waals surface area contributed by atoms with Crippen LogP contribution in [0.25, 0.3) is 0 Å². The van der Waals surface area contributed by atoms with Gasteiger partial charge in [-0.15, -0.1) is 0 Å². The van der Waals surface area contributed by atoms with E-state index in [4.69, 9.17) is 15.6 Å². The van der Waals surface area contributed by atoms with Crippen LogP contribution in [-0.4, -0.2) is 34.2 Å². The zero-order valence-corrected chi connectivity index (χ0v) is 9.72. The van der Waals surface area contributed by atoms with Gasteiger partial charge in [-0.3, -0.25) is 4.79 Å². The molecule has 4 nitrogen and oxygen atoms in total. The normalized spacial score (nSPS) is 16.5. The highest BCUT2D eigenvalue weighted by molar-refractivity contribution is 9.10. The number of hydrogen-bond acceptors (Lipinski definition) is 4. The maximum atomic E-state index is 11.2. The Morgan fingerprint density at radius 1 is 1.54 bits per heavy atom. The van der Waals surface area contributed by atoms with Crippen molar-refractivity contribution in [3.63, 3.8) is 0 Å². The monoisotopic (exact) mass is 253 g/mol. The van der Waals surface area contributed by atoms with Crippen molar-refractivity contribution < 1.29 is 14.6 Å². The lowest BCUT2D eigenvalue weighted by atomic mass is 10.1. The highest BCUT2D eigenvalue weighted by Crippen LogP contribution is 2.18. The standard InChI is InChI=1S/C8H16BrNO3/c1-7(2,9)6(12)13-5-8(3,10)4-11/h11H,4-5,10H2,1-3H3. The van der Waals surface area contributed by atoms with Gasteiger partial charge in [0.1, 0.15) is 10.9 Å². The third kappa shape index (κ3) is 5.23. The molecule has 13 heavy (non-hydrogen) atoms. The van der Waals surface area contributed by atoms with Crippen LogP contribution in [0.1, 0.15) is 20.8 Å². The van der Waals surface area contributed by atoms with E-state index in [0.717, 1.165) is 0 Å². The Kier molecular flexibility index (Phi) is 4.35. The SMILES string of the molecule is CC(N)(CO)COC(=O)C(C)(C)Br. The maximum absolute atomic E-state index is 11.2. The van der Waals surface area contributed by atoms with Crippen LogP contribution in [-0.2, 0) is 9.53 Å². The molecule has 0 rings (SSSR count). The van der Waals surface area contributed by atoms with Crippen molar-refractivity contribution in [3.05, 3.63) is 0 Å². The number of rotatable bonds is 4. The van der Waals surface area contributed by atoms with Gasteiger partial charge in [-0.1, -0.05) is 15.9 Å². The van der Waals surface area contributed by atoms with Gasteiger partial charge in [0.15, 0.2) is 0 Å². The van der Waals surface area contributed by atoms with Gasteiger partial charge >= 0.3 is 5.97 Å². The molecule has 5 heteroatoms. The fraction of sp³-hybridized carbons (Fsp3) is 0.875. The minimum Gasteiger partial charge on any atom is -0.463 e. The molecule has 0 heterocycles. The molecule has 0 aromatic heterocycles. The van der Waals surface area contributed by atoms with Crippen molar-refractivity contribution >= 4 is 21.9 Å². The van der Waals surface area contributed by atoms with E-state index in [0.29, 0.717) is 0 Å². The second-order valence-electron chi connectivity index (χ2n) is 3.86. The molecule has 0 aromatic carbocycles. The molecule has 0 spiro atoms. The molecule has 3 N–H and O–H groups in total. The Bertz CT molecular complexity index is 186. The molecular weight excluding hydrogens is 238 g/mol. The number of aliphatic hydroxyl groups excluding tert-OH is 1. The lowest BCUT2D eigenvalue weighted by molar-refractivity contribution is -0.147. The fourth-order valence-electron chi connectivity index (χ4n) is 0.448. The average Bonchev–Trinajstić information content (AvgIpc) is 1.98. The summed E-state index contributed by atoms with van der Waals surface area (Å²) in [6.07, 6.45) is 0. The first-order valence-corrected chi connectivity index (χ1v) is 4.74. The predicted octanol–water partition coefficient (Wildman–Crippen LogP) is 0.413. The summed E-state index contributed by atoms with van der Waals surface area (Å²) in [5, 5.41) is 8.78. The van der Waals surface area contributed by atoms with Crippen LogP contribution in [0, 0.1) is 0 Å². The highest BCUT2D eigenvalue weighted by Gasteiger charge is 2.28. The molecule has 0 radical (unpaired) electrons. The molecule has 0 amide bonds. The zero-order valence-electron chi connectivity index (χ0n) is 8.13. The molecular formula is C8H16BrNO3. The van der Waals surface area contributed by atoms with E-state index in [2.05, 4.69) is 15.9 Å². The molecule has 0 aliphatic rings. The first kappa shape index (κ1) is 12.9. The van der Waals surface area contributed by atoms with E-state index in [1.807, 2.05) is 0 Å². The number of alkyl halides is 1. The molecule has 0 bridgehead atoms. The Balaban J connectivity index is 3.98. The number of carbonyl (C=O) groups excluding carboxylic acids is 1. The van der Waals surface area contributed by atoms with Gasteiger partial charge in [0.25, 0.3) is 0 Å². The Morgan fingerprint density at radius 3 is 2.31 bits per heavy atom. The van der Waals surface area contributed by atoms with Crippen LogP contribution < -0.4 is 5.73 Å². The van der Waals surface area contributed by atoms with Gasteiger partial charge in [-0.05, 0) is 20.8 Å². The lowest BCUT2D eigenvalue weighted by Gasteiger charge is -2.23. The average molecular weight is 254 g/mol. The summed E-state index contributed by atoms with van der Waals surface area (Å²) in [4.78, 5) is 11.2. The van der Waals surface area contributed by atoms with Crippen molar-refractivity contribution in [1.29, 1.82) is 0 Å². The van der Waals surface area contributed by atoms with E-state index in [9.17, 15) is 4.79 Å².